The number of aromatic nitrogens is 1. The van der Waals surface area contributed by atoms with Gasteiger partial charge < -0.3 is 16.2 Å². The Morgan fingerprint density at radius 2 is 2.41 bits per heavy atom. The van der Waals surface area contributed by atoms with Crippen LogP contribution in [0.15, 0.2) is 6.20 Å². The molecular weight excluding hydrogens is 262 g/mol. The molecule has 0 fully saturated rings. The maximum absolute atomic E-state index is 11.7. The van der Waals surface area contributed by atoms with Crippen LogP contribution in [-0.2, 0) is 4.79 Å². The van der Waals surface area contributed by atoms with E-state index < -0.39 is 17.9 Å². The van der Waals surface area contributed by atoms with Crippen LogP contribution in [0.1, 0.15) is 16.1 Å². The third-order valence-corrected chi connectivity index (χ3v) is 3.43. The number of amides is 1. The van der Waals surface area contributed by atoms with E-state index in [4.69, 9.17) is 10.8 Å². The molecule has 6 nitrogen and oxygen atoms in total. The van der Waals surface area contributed by atoms with Crippen molar-refractivity contribution in [1.82, 2.24) is 10.3 Å². The van der Waals surface area contributed by atoms with Crippen LogP contribution in [0.4, 0.5) is 5.13 Å². The second-order valence-electron chi connectivity index (χ2n) is 3.21. The summed E-state index contributed by atoms with van der Waals surface area (Å²) in [6, 6.07) is -0.877. The lowest BCUT2D eigenvalue weighted by Crippen LogP contribution is -2.40. The van der Waals surface area contributed by atoms with Gasteiger partial charge in [-0.15, -0.1) is 0 Å². The molecule has 1 rings (SSSR count). The number of carbonyl (C=O) groups excluding carboxylic acids is 1. The number of nitrogen functional groups attached to an aromatic ring is 1. The molecule has 4 N–H and O–H groups in total. The van der Waals surface area contributed by atoms with E-state index in [1.54, 1.807) is 0 Å². The van der Waals surface area contributed by atoms with E-state index in [2.05, 4.69) is 10.3 Å². The first-order valence-corrected chi connectivity index (χ1v) is 6.99. The van der Waals surface area contributed by atoms with Crippen LogP contribution in [-0.4, -0.2) is 40.0 Å². The molecule has 0 aliphatic heterocycles. The fraction of sp³-hybridized carbons (Fsp3) is 0.444. The largest absolute Gasteiger partial charge is 0.480 e. The molecule has 0 spiro atoms. The van der Waals surface area contributed by atoms with Crippen LogP contribution in [0.2, 0.25) is 0 Å². The molecule has 1 aromatic heterocycles. The van der Waals surface area contributed by atoms with E-state index in [-0.39, 0.29) is 5.13 Å². The second kappa shape index (κ2) is 6.45. The summed E-state index contributed by atoms with van der Waals surface area (Å²) < 4.78 is 0. The molecule has 1 heterocycles. The predicted molar refractivity (Wildman–Crippen MR) is 68.4 cm³/mol. The molecule has 94 valence electrons. The normalized spacial score (nSPS) is 12.1. The second-order valence-corrected chi connectivity index (χ2v) is 5.26. The Labute approximate surface area is 107 Å². The minimum atomic E-state index is -1.04. The third-order valence-electron chi connectivity index (χ3n) is 1.96. The first-order valence-electron chi connectivity index (χ1n) is 4.78. The van der Waals surface area contributed by atoms with Crippen molar-refractivity contribution in [2.45, 2.75) is 12.5 Å². The molecule has 1 aromatic rings. The molecule has 0 aliphatic carbocycles. The van der Waals surface area contributed by atoms with Gasteiger partial charge >= 0.3 is 5.97 Å². The van der Waals surface area contributed by atoms with Crippen molar-refractivity contribution in [2.24, 2.45) is 0 Å². The highest BCUT2D eigenvalue weighted by Crippen LogP contribution is 2.14. The first-order chi connectivity index (χ1) is 8.04. The standard InChI is InChI=1S/C9H13N3O3S2/c1-16-3-2-5(8(14)15)12-7(13)6-4-11-9(10)17-6/h4-5H,2-3H2,1H3,(H2,10,11)(H,12,13)(H,14,15)/t5-/m0/s1. The molecule has 0 saturated carbocycles. The number of nitrogens with two attached hydrogens (primary N) is 1. The van der Waals surface area contributed by atoms with Crippen molar-refractivity contribution >= 4 is 40.1 Å². The Morgan fingerprint density at radius 1 is 1.71 bits per heavy atom. The number of nitrogens with one attached hydrogen (secondary N) is 1. The van der Waals surface area contributed by atoms with Crippen LogP contribution >= 0.6 is 23.1 Å². The molecule has 1 atom stereocenters. The SMILES string of the molecule is CSCC[C@H](NC(=O)c1cnc(N)s1)C(=O)O. The Morgan fingerprint density at radius 3 is 2.88 bits per heavy atom. The molecule has 8 heteroatoms. The van der Waals surface area contributed by atoms with Crippen LogP contribution in [0.25, 0.3) is 0 Å². The molecule has 0 aliphatic rings. The molecule has 0 aromatic carbocycles. The fourth-order valence-corrected chi connectivity index (χ4v) is 2.17. The number of rotatable bonds is 6. The van der Waals surface area contributed by atoms with Gasteiger partial charge in [-0.05, 0) is 18.4 Å². The van der Waals surface area contributed by atoms with E-state index in [1.165, 1.54) is 18.0 Å². The summed E-state index contributed by atoms with van der Waals surface area (Å²) in [6.45, 7) is 0. The molecule has 0 bridgehead atoms. The van der Waals surface area contributed by atoms with Gasteiger partial charge in [-0.1, -0.05) is 11.3 Å². The maximum Gasteiger partial charge on any atom is 0.326 e. The van der Waals surface area contributed by atoms with Crippen LogP contribution < -0.4 is 11.1 Å². The minimum absolute atomic E-state index is 0.283. The number of hydrogen-bond acceptors (Lipinski definition) is 6. The maximum atomic E-state index is 11.7. The van der Waals surface area contributed by atoms with Gasteiger partial charge in [0.25, 0.3) is 5.91 Å². The molecule has 0 saturated heterocycles. The number of aliphatic carboxylic acids is 1. The number of carboxylic acids is 1. The lowest BCUT2D eigenvalue weighted by atomic mass is 10.2. The fourth-order valence-electron chi connectivity index (χ4n) is 1.12. The average Bonchev–Trinajstić information content (AvgIpc) is 2.70. The number of hydrogen-bond donors (Lipinski definition) is 3. The monoisotopic (exact) mass is 275 g/mol. The average molecular weight is 275 g/mol. The van der Waals surface area contributed by atoms with Gasteiger partial charge in [0.1, 0.15) is 10.9 Å². The molecule has 0 radical (unpaired) electrons. The predicted octanol–water partition coefficient (Wildman–Crippen LogP) is 0.661. The van der Waals surface area contributed by atoms with Crippen molar-refractivity contribution in [3.63, 3.8) is 0 Å². The summed E-state index contributed by atoms with van der Waals surface area (Å²) in [5, 5.41) is 11.7. The zero-order valence-corrected chi connectivity index (χ0v) is 10.8. The Bertz CT molecular complexity index is 408. The summed E-state index contributed by atoms with van der Waals surface area (Å²) in [7, 11) is 0. The van der Waals surface area contributed by atoms with Crippen molar-refractivity contribution < 1.29 is 14.7 Å². The lowest BCUT2D eigenvalue weighted by Gasteiger charge is -2.12. The number of nitrogens with zero attached hydrogens (tertiary/aromatic N) is 1. The zero-order valence-electron chi connectivity index (χ0n) is 9.17. The Hall–Kier alpha value is -1.28. The molecule has 17 heavy (non-hydrogen) atoms. The van der Waals surface area contributed by atoms with Gasteiger partial charge in [0.15, 0.2) is 5.13 Å². The van der Waals surface area contributed by atoms with Gasteiger partial charge in [-0.3, -0.25) is 4.79 Å². The van der Waals surface area contributed by atoms with Crippen molar-refractivity contribution in [1.29, 1.82) is 0 Å². The van der Waals surface area contributed by atoms with Crippen LogP contribution in [0, 0.1) is 0 Å². The summed E-state index contributed by atoms with van der Waals surface area (Å²) in [5.41, 5.74) is 5.39. The number of carboxylic acid groups (broad SMARTS) is 1. The van der Waals surface area contributed by atoms with Crippen molar-refractivity contribution in [3.05, 3.63) is 11.1 Å². The van der Waals surface area contributed by atoms with Crippen LogP contribution in [0.5, 0.6) is 0 Å². The van der Waals surface area contributed by atoms with Gasteiger partial charge in [0.05, 0.1) is 6.20 Å². The van der Waals surface area contributed by atoms with E-state index in [0.29, 0.717) is 17.1 Å². The quantitative estimate of drug-likeness (QED) is 0.704. The highest BCUT2D eigenvalue weighted by atomic mass is 32.2. The van der Waals surface area contributed by atoms with Crippen molar-refractivity contribution in [3.8, 4) is 0 Å². The summed E-state index contributed by atoms with van der Waals surface area (Å²) in [5.74, 6) is -0.820. The van der Waals surface area contributed by atoms with E-state index in [1.807, 2.05) is 6.26 Å². The van der Waals surface area contributed by atoms with Gasteiger partial charge in [0, 0.05) is 0 Å². The van der Waals surface area contributed by atoms with E-state index >= 15 is 0 Å². The van der Waals surface area contributed by atoms with Gasteiger partial charge in [-0.25, -0.2) is 9.78 Å². The summed E-state index contributed by atoms with van der Waals surface area (Å²) in [6.07, 6.45) is 3.60. The number of thiazole rings is 1. The summed E-state index contributed by atoms with van der Waals surface area (Å²) in [4.78, 5) is 26.6. The smallest absolute Gasteiger partial charge is 0.326 e. The van der Waals surface area contributed by atoms with E-state index in [9.17, 15) is 9.59 Å². The number of anilines is 1. The van der Waals surface area contributed by atoms with Gasteiger partial charge in [0.2, 0.25) is 0 Å². The third kappa shape index (κ3) is 4.23. The van der Waals surface area contributed by atoms with Crippen molar-refractivity contribution in [2.75, 3.05) is 17.7 Å². The molecule has 0 unspecified atom stereocenters. The molecule has 1 amide bonds. The Kier molecular flexibility index (Phi) is 5.23. The minimum Gasteiger partial charge on any atom is -0.480 e. The topological polar surface area (TPSA) is 105 Å². The number of carbonyl (C=O) groups is 2. The highest BCUT2D eigenvalue weighted by molar-refractivity contribution is 7.98. The molecular formula is C9H13N3O3S2. The van der Waals surface area contributed by atoms with Crippen LogP contribution in [0.3, 0.4) is 0 Å². The lowest BCUT2D eigenvalue weighted by molar-refractivity contribution is -0.139. The zero-order chi connectivity index (χ0) is 12.8. The first kappa shape index (κ1) is 13.8. The van der Waals surface area contributed by atoms with Gasteiger partial charge in [-0.2, -0.15) is 11.8 Å². The highest BCUT2D eigenvalue weighted by Gasteiger charge is 2.21. The Balaban J connectivity index is 2.60. The number of thioether (sulfide) groups is 1. The van der Waals surface area contributed by atoms with E-state index in [0.717, 1.165) is 11.3 Å². The summed E-state index contributed by atoms with van der Waals surface area (Å²) >= 11 is 2.56.